The zero-order chi connectivity index (χ0) is 95.9. The van der Waals surface area contributed by atoms with Gasteiger partial charge in [-0.1, -0.05) is 140 Å². The molecular weight excluding hydrogens is 1880 g/mol. The van der Waals surface area contributed by atoms with Gasteiger partial charge in [-0.3, -0.25) is 0 Å². The van der Waals surface area contributed by atoms with Crippen LogP contribution in [0, 0.1) is 0 Å². The maximum absolute atomic E-state index is 7.01. The van der Waals surface area contributed by atoms with Gasteiger partial charge in [0.2, 0.25) is 0 Å². The molecule has 0 saturated carbocycles. The summed E-state index contributed by atoms with van der Waals surface area (Å²) in [5.74, 6) is 0. The van der Waals surface area contributed by atoms with Crippen LogP contribution in [0.3, 0.4) is 0 Å². The maximum Gasteiger partial charge on any atom is 0.498 e. The topological polar surface area (TPSA) is 153 Å². The number of furan rings is 4. The SMILES string of the molecule is CC1(C)OB(c2ccc3oc4c5cc(-c6ccccc6)ccc5cc5sc6ccc7sc2c3c7c6c54)OC1(C)C.CC1(C)OB(c2ccc3oc4c5ccccc5cc5oc6ccc7sc2c3c7c6c54)OC1(C)C.CC1(C)OB(c2ccc3sc4c5ccccc5cc5oc6ccc7oc2c3c7c6c54)OC1(C)C.CC1(C)OB(c2ccc3sc4c5ccccc5cc5oc6ccc7sc2c3c7c6c54)OC1(C)C. The van der Waals surface area contributed by atoms with Crippen LogP contribution in [0.15, 0.2) is 269 Å². The summed E-state index contributed by atoms with van der Waals surface area (Å²) in [5, 5.41) is 28.5. The van der Waals surface area contributed by atoms with Crippen LogP contribution in [-0.2, 0) is 37.2 Å². The first-order valence-corrected chi connectivity index (χ1v) is 53.4. The number of hydrogen-bond acceptors (Lipinski definition) is 20. The first-order chi connectivity index (χ1) is 68.3. The summed E-state index contributed by atoms with van der Waals surface area (Å²) >= 11 is 10.9. The van der Waals surface area contributed by atoms with E-state index in [1.807, 2.05) is 63.5 Å². The molecule has 29 aromatic rings. The lowest BCUT2D eigenvalue weighted by Crippen LogP contribution is -2.41. The highest BCUT2D eigenvalue weighted by molar-refractivity contribution is 7.31. The van der Waals surface area contributed by atoms with Crippen LogP contribution in [-0.4, -0.2) is 73.3 Å². The van der Waals surface area contributed by atoms with Gasteiger partial charge in [-0.25, -0.2) is 0 Å². The highest BCUT2D eigenvalue weighted by atomic mass is 32.1. The minimum absolute atomic E-state index is 0.374. The van der Waals surface area contributed by atoms with E-state index < -0.39 is 55.0 Å². The quantitative estimate of drug-likeness (QED) is 0.150. The molecule has 0 amide bonds. The minimum atomic E-state index is -0.490. The molecule has 0 bridgehead atoms. The van der Waals surface area contributed by atoms with Gasteiger partial charge in [-0.2, -0.15) is 0 Å². The predicted molar refractivity (Wildman–Crippen MR) is 600 cm³/mol. The Kier molecular flexibility index (Phi) is 17.4. The van der Waals surface area contributed by atoms with Crippen molar-refractivity contribution in [3.05, 3.63) is 243 Å². The van der Waals surface area contributed by atoms with Gasteiger partial charge in [0.1, 0.15) is 67.0 Å². The van der Waals surface area contributed by atoms with E-state index in [0.29, 0.717) is 0 Å². The lowest BCUT2D eigenvalue weighted by molar-refractivity contribution is 0.00578. The lowest BCUT2D eigenvalue weighted by Gasteiger charge is -2.32. The summed E-state index contributed by atoms with van der Waals surface area (Å²) in [4.78, 5) is 0. The summed E-state index contributed by atoms with van der Waals surface area (Å²) < 4.78 is 106. The molecule has 4 saturated heterocycles. The van der Waals surface area contributed by atoms with E-state index in [-0.39, 0.29) is 18.3 Å². The highest BCUT2D eigenvalue weighted by Crippen LogP contribution is 2.57. The van der Waals surface area contributed by atoms with E-state index in [1.165, 1.54) is 144 Å². The zero-order valence-electron chi connectivity index (χ0n) is 80.6. The van der Waals surface area contributed by atoms with Crippen molar-refractivity contribution in [2.45, 2.75) is 156 Å². The maximum atomic E-state index is 7.01. The first kappa shape index (κ1) is 85.4. The average Bonchev–Trinajstić information content (AvgIpc) is 1.54. The fraction of sp³-hybridized carbons (Fsp3) is 0.203. The van der Waals surface area contributed by atoms with Crippen molar-refractivity contribution >= 4 is 371 Å². The molecule has 692 valence electrons. The smallest absolute Gasteiger partial charge is 0.456 e. The van der Waals surface area contributed by atoms with Crippen LogP contribution in [0.5, 0.6) is 0 Å². The molecule has 16 heterocycles. The minimum Gasteiger partial charge on any atom is -0.456 e. The summed E-state index contributed by atoms with van der Waals surface area (Å²) in [6.07, 6.45) is 0. The van der Waals surface area contributed by atoms with Gasteiger partial charge >= 0.3 is 28.5 Å². The van der Waals surface area contributed by atoms with Crippen molar-refractivity contribution in [1.82, 2.24) is 0 Å². The standard InChI is InChI=1S/C34H25BO3S2.2C28H21BO4S.C28H21BO3S2/c1-33(2)34(3,4)38-35(37-33)22-12-13-23-27-28-25(40-32(22)27)15-14-24-29(28)30-26(39-24)17-20-11-10-19(16-21(20)31(30)36-23)18-8-6-5-7-9-18;1-27(2)28(3,4)33-29(32-27)16-9-12-20-24-22-18(31-25(16)24)11-10-17-21(22)23-19(30-17)13-14-7-5-6-8-15(14)26(23)34-20;1-27(2)28(3,4)33-29(32-27)16-9-10-18-23-24-20(34-26(16)23)12-11-17-21(24)22-19(30-17)13-14-7-5-6-8-15(14)25(22)31-18;1-27(2)28(3,4)32-29(31-27)16-9-11-20-24-23-19(34-26(16)24)12-10-17-21(23)22-18(30-17)13-14-7-5-6-8-15(14)25(22)33-20/h5-17H,1-4H3;3*5-13H,1-4H3. The summed E-state index contributed by atoms with van der Waals surface area (Å²) in [6.45, 7) is 33.6. The van der Waals surface area contributed by atoms with E-state index in [4.69, 9.17) is 63.7 Å². The Balaban J connectivity index is 0.0000000888. The summed E-state index contributed by atoms with van der Waals surface area (Å²) in [6, 6.07) is 86.0. The lowest BCUT2D eigenvalue weighted by atomic mass is 9.78. The van der Waals surface area contributed by atoms with E-state index in [9.17, 15) is 0 Å². The molecule has 14 nitrogen and oxygen atoms in total. The fourth-order valence-corrected chi connectivity index (χ4v) is 30.2. The van der Waals surface area contributed by atoms with Gasteiger partial charge in [0.05, 0.1) is 50.2 Å². The Morgan fingerprint density at radius 2 is 0.472 bits per heavy atom. The van der Waals surface area contributed by atoms with Gasteiger partial charge in [-0.05, 0) is 257 Å². The van der Waals surface area contributed by atoms with E-state index in [2.05, 4.69) is 335 Å². The molecule has 0 spiro atoms. The molecule has 0 N–H and O–H groups in total. The molecule has 24 heteroatoms. The van der Waals surface area contributed by atoms with Crippen molar-refractivity contribution in [3.8, 4) is 11.1 Å². The molecule has 17 aromatic carbocycles. The van der Waals surface area contributed by atoms with Crippen molar-refractivity contribution in [3.63, 3.8) is 0 Å². The Hall–Kier alpha value is -12.2. The molecule has 0 unspecified atom stereocenters. The number of rotatable bonds is 5. The fourth-order valence-electron chi connectivity index (χ4n) is 22.7. The van der Waals surface area contributed by atoms with Gasteiger partial charge in [0.15, 0.2) is 0 Å². The van der Waals surface area contributed by atoms with Crippen LogP contribution in [0.4, 0.5) is 0 Å². The van der Waals surface area contributed by atoms with Crippen molar-refractivity contribution in [2.24, 2.45) is 0 Å². The molecule has 142 heavy (non-hydrogen) atoms. The zero-order valence-corrected chi connectivity index (χ0v) is 85.5. The molecule has 0 aliphatic carbocycles. The largest absolute Gasteiger partial charge is 0.498 e. The van der Waals surface area contributed by atoms with Crippen LogP contribution >= 0.6 is 68.0 Å². The van der Waals surface area contributed by atoms with E-state index >= 15 is 0 Å². The second-order valence-electron chi connectivity index (χ2n) is 43.0. The third-order valence-corrected chi connectivity index (χ3v) is 39.9. The van der Waals surface area contributed by atoms with Crippen molar-refractivity contribution in [2.75, 3.05) is 0 Å². The van der Waals surface area contributed by atoms with Gasteiger partial charge in [0.25, 0.3) is 0 Å². The number of thiophene rings is 4. The number of hydrogen-bond donors (Lipinski definition) is 0. The molecule has 0 atom stereocenters. The normalized spacial score (nSPS) is 17.9. The average molecular weight is 1970 g/mol. The Morgan fingerprint density at radius 3 is 0.979 bits per heavy atom. The van der Waals surface area contributed by atoms with Crippen molar-refractivity contribution in [1.29, 1.82) is 0 Å². The molecule has 0 radical (unpaired) electrons. The molecular formula is C118H88B4O14S6. The molecule has 12 aromatic heterocycles. The predicted octanol–water partition coefficient (Wildman–Crippen LogP) is 33.0. The monoisotopic (exact) mass is 1960 g/mol. The molecule has 4 fully saturated rings. The van der Waals surface area contributed by atoms with Gasteiger partial charge in [0, 0.05) is 170 Å². The second kappa shape index (κ2) is 28.9. The Labute approximate surface area is 837 Å². The first-order valence-electron chi connectivity index (χ1n) is 48.5. The third kappa shape index (κ3) is 11.8. The van der Waals surface area contributed by atoms with Crippen LogP contribution < -0.4 is 21.9 Å². The van der Waals surface area contributed by atoms with Crippen molar-refractivity contribution < 1.29 is 63.7 Å². The Morgan fingerprint density at radius 1 is 0.176 bits per heavy atom. The van der Waals surface area contributed by atoms with Gasteiger partial charge < -0.3 is 63.7 Å². The number of benzene rings is 17. The van der Waals surface area contributed by atoms with Crippen LogP contribution in [0.2, 0.25) is 0 Å². The summed E-state index contributed by atoms with van der Waals surface area (Å²) in [5.41, 5.74) is 14.1. The third-order valence-electron chi connectivity index (χ3n) is 32.8. The van der Waals surface area contributed by atoms with Gasteiger partial charge in [-0.15, -0.1) is 68.0 Å². The van der Waals surface area contributed by atoms with Crippen LogP contribution in [0.25, 0.3) is 264 Å². The molecule has 4 aliphatic rings. The second-order valence-corrected chi connectivity index (χ2v) is 49.4. The Bertz CT molecular complexity index is 9710. The van der Waals surface area contributed by atoms with Crippen LogP contribution in [0.1, 0.15) is 111 Å². The van der Waals surface area contributed by atoms with E-state index in [0.717, 1.165) is 142 Å². The molecule has 4 aliphatic heterocycles. The summed E-state index contributed by atoms with van der Waals surface area (Å²) in [7, 11) is -1.73. The number of fused-ring (bicyclic) bond motifs is 8. The molecule has 33 rings (SSSR count). The van der Waals surface area contributed by atoms with E-state index in [1.54, 1.807) is 22.7 Å². The highest BCUT2D eigenvalue weighted by Gasteiger charge is 2.57.